The standard InChI is InChI=1S/C8H7IN2O4/c1-15-7-3-5(9)6(11(13)14)2-4(7)8(10)12/h2-3H,1H3,(H2,10,12). The van der Waals surface area contributed by atoms with Crippen LogP contribution in [-0.4, -0.2) is 17.9 Å². The normalized spacial score (nSPS) is 9.73. The van der Waals surface area contributed by atoms with Gasteiger partial charge in [-0.05, 0) is 22.6 Å². The average Bonchev–Trinajstić information content (AvgIpc) is 2.16. The van der Waals surface area contributed by atoms with Crippen molar-refractivity contribution in [1.82, 2.24) is 0 Å². The van der Waals surface area contributed by atoms with Gasteiger partial charge in [-0.25, -0.2) is 0 Å². The van der Waals surface area contributed by atoms with Crippen LogP contribution in [0.2, 0.25) is 0 Å². The van der Waals surface area contributed by atoms with Gasteiger partial charge >= 0.3 is 0 Å². The monoisotopic (exact) mass is 322 g/mol. The molecule has 1 amide bonds. The molecule has 0 spiro atoms. The molecule has 1 rings (SSSR count). The second-order valence-electron chi connectivity index (χ2n) is 2.63. The summed E-state index contributed by atoms with van der Waals surface area (Å²) in [6.45, 7) is 0. The number of nitro groups is 1. The van der Waals surface area contributed by atoms with Crippen LogP contribution in [0.25, 0.3) is 0 Å². The van der Waals surface area contributed by atoms with Crippen LogP contribution >= 0.6 is 22.6 Å². The number of nitrogens with zero attached hydrogens (tertiary/aromatic N) is 1. The summed E-state index contributed by atoms with van der Waals surface area (Å²) in [6, 6.07) is 2.52. The van der Waals surface area contributed by atoms with Gasteiger partial charge in [0, 0.05) is 12.1 Å². The van der Waals surface area contributed by atoms with Crippen LogP contribution in [0.5, 0.6) is 5.75 Å². The Labute approximate surface area is 98.7 Å². The Morgan fingerprint density at radius 3 is 2.60 bits per heavy atom. The molecule has 0 saturated heterocycles. The number of hydrogen-bond acceptors (Lipinski definition) is 4. The van der Waals surface area contributed by atoms with Crippen molar-refractivity contribution >= 4 is 34.2 Å². The van der Waals surface area contributed by atoms with E-state index in [0.29, 0.717) is 3.57 Å². The summed E-state index contributed by atoms with van der Waals surface area (Å²) in [5, 5.41) is 10.6. The molecular formula is C8H7IN2O4. The summed E-state index contributed by atoms with van der Waals surface area (Å²) >= 11 is 1.79. The highest BCUT2D eigenvalue weighted by atomic mass is 127. The summed E-state index contributed by atoms with van der Waals surface area (Å²) < 4.78 is 5.28. The van der Waals surface area contributed by atoms with E-state index in [4.69, 9.17) is 10.5 Å². The van der Waals surface area contributed by atoms with Crippen LogP contribution in [0.4, 0.5) is 5.69 Å². The fourth-order valence-electron chi connectivity index (χ4n) is 1.04. The Balaban J connectivity index is 3.43. The van der Waals surface area contributed by atoms with Crippen molar-refractivity contribution < 1.29 is 14.5 Å². The minimum absolute atomic E-state index is 0.00427. The van der Waals surface area contributed by atoms with Crippen LogP contribution in [0.15, 0.2) is 12.1 Å². The van der Waals surface area contributed by atoms with Gasteiger partial charge in [0.05, 0.1) is 21.2 Å². The van der Waals surface area contributed by atoms with Crippen LogP contribution in [-0.2, 0) is 0 Å². The number of halogens is 1. The van der Waals surface area contributed by atoms with Gasteiger partial charge in [0.25, 0.3) is 11.6 Å². The van der Waals surface area contributed by atoms with E-state index in [1.54, 1.807) is 22.6 Å². The summed E-state index contributed by atoms with van der Waals surface area (Å²) in [5.74, 6) is -0.524. The van der Waals surface area contributed by atoms with E-state index in [9.17, 15) is 14.9 Å². The fraction of sp³-hybridized carbons (Fsp3) is 0.125. The van der Waals surface area contributed by atoms with Gasteiger partial charge in [-0.15, -0.1) is 0 Å². The number of hydrogen-bond donors (Lipinski definition) is 1. The van der Waals surface area contributed by atoms with Crippen molar-refractivity contribution in [1.29, 1.82) is 0 Å². The Morgan fingerprint density at radius 1 is 1.60 bits per heavy atom. The number of ether oxygens (including phenoxy) is 1. The molecule has 0 fully saturated rings. The zero-order chi connectivity index (χ0) is 11.6. The number of nitro benzene ring substituents is 1. The first kappa shape index (κ1) is 11.7. The first-order valence-electron chi connectivity index (χ1n) is 3.79. The third kappa shape index (κ3) is 2.35. The summed E-state index contributed by atoms with van der Waals surface area (Å²) in [7, 11) is 1.36. The van der Waals surface area contributed by atoms with Gasteiger partial charge in [0.15, 0.2) is 0 Å². The first-order valence-corrected chi connectivity index (χ1v) is 4.87. The zero-order valence-electron chi connectivity index (χ0n) is 7.69. The van der Waals surface area contributed by atoms with E-state index in [-0.39, 0.29) is 17.0 Å². The highest BCUT2D eigenvalue weighted by Crippen LogP contribution is 2.29. The lowest BCUT2D eigenvalue weighted by molar-refractivity contribution is -0.385. The van der Waals surface area contributed by atoms with E-state index in [1.165, 1.54) is 13.2 Å². The maximum atomic E-state index is 11.0. The molecular weight excluding hydrogens is 315 g/mol. The summed E-state index contributed by atoms with van der Waals surface area (Å²) in [5.41, 5.74) is 4.91. The van der Waals surface area contributed by atoms with Crippen molar-refractivity contribution in [3.63, 3.8) is 0 Å². The molecule has 0 aliphatic rings. The van der Waals surface area contributed by atoms with Gasteiger partial charge in [-0.2, -0.15) is 0 Å². The predicted octanol–water partition coefficient (Wildman–Crippen LogP) is 1.31. The molecule has 6 nitrogen and oxygen atoms in total. The van der Waals surface area contributed by atoms with Crippen molar-refractivity contribution in [3.8, 4) is 5.75 Å². The number of benzene rings is 1. The molecule has 0 aliphatic carbocycles. The highest BCUT2D eigenvalue weighted by Gasteiger charge is 2.19. The van der Waals surface area contributed by atoms with Crippen LogP contribution in [0.3, 0.4) is 0 Å². The molecule has 1 aromatic rings. The number of nitrogens with two attached hydrogens (primary N) is 1. The molecule has 0 aromatic heterocycles. The first-order chi connectivity index (χ1) is 6.97. The molecule has 2 N–H and O–H groups in total. The molecule has 0 atom stereocenters. The molecule has 0 radical (unpaired) electrons. The molecule has 15 heavy (non-hydrogen) atoms. The molecule has 0 heterocycles. The zero-order valence-corrected chi connectivity index (χ0v) is 9.85. The smallest absolute Gasteiger partial charge is 0.283 e. The Morgan fingerprint density at radius 2 is 2.20 bits per heavy atom. The maximum absolute atomic E-state index is 11.0. The third-order valence-corrected chi connectivity index (χ3v) is 2.60. The lowest BCUT2D eigenvalue weighted by atomic mass is 10.1. The molecule has 0 bridgehead atoms. The quantitative estimate of drug-likeness (QED) is 0.515. The number of carbonyl (C=O) groups excluding carboxylic acids is 1. The molecule has 1 aromatic carbocycles. The number of amides is 1. The molecule has 0 saturated carbocycles. The topological polar surface area (TPSA) is 95.5 Å². The van der Waals surface area contributed by atoms with Crippen molar-refractivity contribution in [3.05, 3.63) is 31.4 Å². The molecule has 0 aliphatic heterocycles. The van der Waals surface area contributed by atoms with E-state index in [0.717, 1.165) is 6.07 Å². The van der Waals surface area contributed by atoms with E-state index >= 15 is 0 Å². The van der Waals surface area contributed by atoms with Crippen LogP contribution in [0, 0.1) is 13.7 Å². The minimum Gasteiger partial charge on any atom is -0.496 e. The lowest BCUT2D eigenvalue weighted by Gasteiger charge is -2.06. The van der Waals surface area contributed by atoms with E-state index in [1.807, 2.05) is 0 Å². The molecule has 7 heteroatoms. The lowest BCUT2D eigenvalue weighted by Crippen LogP contribution is -2.13. The largest absolute Gasteiger partial charge is 0.496 e. The average molecular weight is 322 g/mol. The Kier molecular flexibility index (Phi) is 3.45. The molecule has 80 valence electrons. The second-order valence-corrected chi connectivity index (χ2v) is 3.79. The number of carbonyl (C=O) groups is 1. The third-order valence-electron chi connectivity index (χ3n) is 1.73. The highest BCUT2D eigenvalue weighted by molar-refractivity contribution is 14.1. The molecule has 0 unspecified atom stereocenters. The van der Waals surface area contributed by atoms with Crippen LogP contribution < -0.4 is 10.5 Å². The fourth-order valence-corrected chi connectivity index (χ4v) is 1.68. The van der Waals surface area contributed by atoms with Crippen LogP contribution in [0.1, 0.15) is 10.4 Å². The Bertz CT molecular complexity index is 433. The Hall–Kier alpha value is -1.38. The van der Waals surface area contributed by atoms with Gasteiger partial charge in [-0.3, -0.25) is 14.9 Å². The van der Waals surface area contributed by atoms with Gasteiger partial charge in [0.2, 0.25) is 0 Å². The van der Waals surface area contributed by atoms with Crippen molar-refractivity contribution in [2.75, 3.05) is 7.11 Å². The van der Waals surface area contributed by atoms with Gasteiger partial charge in [0.1, 0.15) is 5.75 Å². The number of methoxy groups -OCH3 is 1. The predicted molar refractivity (Wildman–Crippen MR) is 60.9 cm³/mol. The van der Waals surface area contributed by atoms with E-state index < -0.39 is 10.8 Å². The van der Waals surface area contributed by atoms with E-state index in [2.05, 4.69) is 0 Å². The minimum atomic E-state index is -0.758. The maximum Gasteiger partial charge on any atom is 0.283 e. The van der Waals surface area contributed by atoms with Gasteiger partial charge in [-0.1, -0.05) is 0 Å². The summed E-state index contributed by atoms with van der Waals surface area (Å²) in [6.07, 6.45) is 0. The number of primary amides is 1. The second kappa shape index (κ2) is 4.43. The van der Waals surface area contributed by atoms with Gasteiger partial charge < -0.3 is 10.5 Å². The van der Waals surface area contributed by atoms with Crippen molar-refractivity contribution in [2.45, 2.75) is 0 Å². The van der Waals surface area contributed by atoms with Crippen molar-refractivity contribution in [2.24, 2.45) is 5.73 Å². The SMILES string of the molecule is COc1cc(I)c([N+](=O)[O-])cc1C(N)=O. The number of rotatable bonds is 3. The summed E-state index contributed by atoms with van der Waals surface area (Å²) in [4.78, 5) is 21.0.